The third kappa shape index (κ3) is 3.86. The van der Waals surface area contributed by atoms with Crippen LogP contribution in [-0.4, -0.2) is 38.5 Å². The molecule has 0 aliphatic carbocycles. The summed E-state index contributed by atoms with van der Waals surface area (Å²) >= 11 is 0. The van der Waals surface area contributed by atoms with Crippen LogP contribution in [0.1, 0.15) is 25.5 Å². The summed E-state index contributed by atoms with van der Waals surface area (Å²) in [6.45, 7) is 3.61. The number of imidazole rings is 1. The molecule has 186 valence electrons. The third-order valence-corrected chi connectivity index (χ3v) is 7.08. The Hall–Kier alpha value is -4.42. The van der Waals surface area contributed by atoms with Crippen molar-refractivity contribution in [2.24, 2.45) is 5.73 Å². The standard InChI is InChI=1S/C28H27N7O2/c1-2-3-15-33-26-23(31-28(33)32-14-8-9-19(29)17-32)16-30-34(27(26)36)18-25-22-12-5-4-10-20(22)21-11-6-7-13-24(21)35(25)37/h4-7,10-13,16,19H,8-9,14-15,17-18,29H2,1H3/t19-/m1/s1. The Morgan fingerprint density at radius 3 is 2.68 bits per heavy atom. The van der Waals surface area contributed by atoms with Gasteiger partial charge in [-0.3, -0.25) is 9.36 Å². The summed E-state index contributed by atoms with van der Waals surface area (Å²) in [4.78, 5) is 20.7. The molecule has 37 heavy (non-hydrogen) atoms. The van der Waals surface area contributed by atoms with Crippen molar-refractivity contribution in [2.45, 2.75) is 38.9 Å². The zero-order chi connectivity index (χ0) is 25.5. The zero-order valence-electron chi connectivity index (χ0n) is 20.6. The largest absolute Gasteiger partial charge is 0.618 e. The monoisotopic (exact) mass is 493 g/mol. The van der Waals surface area contributed by atoms with Crippen LogP contribution in [0.15, 0.2) is 59.5 Å². The van der Waals surface area contributed by atoms with E-state index >= 15 is 0 Å². The van der Waals surface area contributed by atoms with Gasteiger partial charge in [0.25, 0.3) is 5.56 Å². The van der Waals surface area contributed by atoms with Gasteiger partial charge in [-0.1, -0.05) is 36.3 Å². The first-order chi connectivity index (χ1) is 18.1. The highest BCUT2D eigenvalue weighted by Crippen LogP contribution is 2.26. The molecule has 2 N–H and O–H groups in total. The Kier molecular flexibility index (Phi) is 5.74. The molecular formula is C28H27N7O2. The molecule has 0 spiro atoms. The van der Waals surface area contributed by atoms with Crippen molar-refractivity contribution in [3.05, 3.63) is 76.0 Å². The van der Waals surface area contributed by atoms with E-state index in [1.807, 2.05) is 47.0 Å². The lowest BCUT2D eigenvalue weighted by molar-refractivity contribution is -0.584. The summed E-state index contributed by atoms with van der Waals surface area (Å²) in [5.41, 5.74) is 7.86. The summed E-state index contributed by atoms with van der Waals surface area (Å²) in [5.74, 6) is 6.67. The summed E-state index contributed by atoms with van der Waals surface area (Å²) in [6, 6.07) is 15.3. The van der Waals surface area contributed by atoms with Gasteiger partial charge in [-0.2, -0.15) is 9.83 Å². The van der Waals surface area contributed by atoms with E-state index in [9.17, 15) is 10.0 Å². The van der Waals surface area contributed by atoms with E-state index in [0.29, 0.717) is 41.3 Å². The average molecular weight is 494 g/mol. The molecule has 1 atom stereocenters. The third-order valence-electron chi connectivity index (χ3n) is 7.08. The van der Waals surface area contributed by atoms with Gasteiger partial charge in [0.05, 0.1) is 23.5 Å². The van der Waals surface area contributed by atoms with Crippen molar-refractivity contribution < 1.29 is 4.73 Å². The van der Waals surface area contributed by atoms with Crippen LogP contribution in [0.2, 0.25) is 0 Å². The molecule has 1 fully saturated rings. The van der Waals surface area contributed by atoms with Crippen LogP contribution in [0.4, 0.5) is 5.95 Å². The number of para-hydroxylation sites is 1. The van der Waals surface area contributed by atoms with E-state index < -0.39 is 0 Å². The van der Waals surface area contributed by atoms with Gasteiger partial charge in [-0.05, 0) is 31.9 Å². The highest BCUT2D eigenvalue weighted by molar-refractivity contribution is 6.04. The van der Waals surface area contributed by atoms with Crippen LogP contribution in [0.25, 0.3) is 32.7 Å². The minimum absolute atomic E-state index is 0.0260. The van der Waals surface area contributed by atoms with Gasteiger partial charge in [0, 0.05) is 30.6 Å². The molecular weight excluding hydrogens is 466 g/mol. The molecule has 0 unspecified atom stereocenters. The second-order valence-corrected chi connectivity index (χ2v) is 9.42. The normalized spacial score (nSPS) is 15.8. The first-order valence-corrected chi connectivity index (χ1v) is 12.4. The number of rotatable bonds is 4. The Balaban J connectivity index is 1.52. The fourth-order valence-corrected chi connectivity index (χ4v) is 5.32. The molecule has 0 bridgehead atoms. The molecule has 0 amide bonds. The van der Waals surface area contributed by atoms with E-state index in [1.165, 1.54) is 4.68 Å². The number of nitrogens with zero attached hydrogens (tertiary/aromatic N) is 6. The minimum atomic E-state index is -0.312. The molecule has 0 radical (unpaired) electrons. The number of nitrogens with two attached hydrogens (primary N) is 1. The predicted octanol–water partition coefficient (Wildman–Crippen LogP) is 2.53. The van der Waals surface area contributed by atoms with Crippen LogP contribution in [0.3, 0.4) is 0 Å². The van der Waals surface area contributed by atoms with Crippen molar-refractivity contribution in [3.8, 4) is 11.8 Å². The maximum absolute atomic E-state index is 13.8. The van der Waals surface area contributed by atoms with Gasteiger partial charge in [-0.15, -0.1) is 5.92 Å². The number of aromatic nitrogens is 5. The van der Waals surface area contributed by atoms with Crippen molar-refractivity contribution >= 4 is 38.7 Å². The van der Waals surface area contributed by atoms with Crippen molar-refractivity contribution in [2.75, 3.05) is 18.0 Å². The highest BCUT2D eigenvalue weighted by atomic mass is 16.5. The summed E-state index contributed by atoms with van der Waals surface area (Å²) < 4.78 is 4.11. The number of anilines is 1. The Morgan fingerprint density at radius 1 is 1.14 bits per heavy atom. The lowest BCUT2D eigenvalue weighted by atomic mass is 10.0. The molecule has 6 rings (SSSR count). The van der Waals surface area contributed by atoms with Gasteiger partial charge < -0.3 is 15.8 Å². The molecule has 2 aromatic carbocycles. The quantitative estimate of drug-likeness (QED) is 0.178. The molecule has 9 heteroatoms. The molecule has 9 nitrogen and oxygen atoms in total. The van der Waals surface area contributed by atoms with Crippen LogP contribution in [0, 0.1) is 17.0 Å². The van der Waals surface area contributed by atoms with E-state index in [0.717, 1.165) is 40.3 Å². The highest BCUT2D eigenvalue weighted by Gasteiger charge is 2.25. The van der Waals surface area contributed by atoms with Crippen LogP contribution in [0.5, 0.6) is 0 Å². The van der Waals surface area contributed by atoms with E-state index in [1.54, 1.807) is 19.2 Å². The lowest BCUT2D eigenvalue weighted by Gasteiger charge is -2.31. The maximum Gasteiger partial charge on any atom is 0.293 e. The Labute approximate surface area is 213 Å². The van der Waals surface area contributed by atoms with Crippen LogP contribution >= 0.6 is 0 Å². The van der Waals surface area contributed by atoms with Gasteiger partial charge in [0.15, 0.2) is 0 Å². The Bertz CT molecular complexity index is 1780. The summed E-state index contributed by atoms with van der Waals surface area (Å²) in [6.07, 6.45) is 3.53. The zero-order valence-corrected chi connectivity index (χ0v) is 20.6. The van der Waals surface area contributed by atoms with Gasteiger partial charge in [0.2, 0.25) is 17.2 Å². The van der Waals surface area contributed by atoms with Crippen LogP contribution in [-0.2, 0) is 13.1 Å². The van der Waals surface area contributed by atoms with Crippen molar-refractivity contribution in [1.29, 1.82) is 0 Å². The number of hydrogen-bond acceptors (Lipinski definition) is 6. The van der Waals surface area contributed by atoms with Gasteiger partial charge >= 0.3 is 0 Å². The molecule has 0 saturated carbocycles. The smallest absolute Gasteiger partial charge is 0.293 e. The lowest BCUT2D eigenvalue weighted by Crippen LogP contribution is -2.44. The molecule has 1 aliphatic rings. The van der Waals surface area contributed by atoms with Crippen molar-refractivity contribution in [3.63, 3.8) is 0 Å². The molecule has 5 aromatic rings. The Morgan fingerprint density at radius 2 is 1.89 bits per heavy atom. The maximum atomic E-state index is 13.8. The van der Waals surface area contributed by atoms with Gasteiger partial charge in [-0.25, -0.2) is 9.67 Å². The number of pyridine rings is 1. The fourth-order valence-electron chi connectivity index (χ4n) is 5.32. The second-order valence-electron chi connectivity index (χ2n) is 9.42. The minimum Gasteiger partial charge on any atom is -0.618 e. The van der Waals surface area contributed by atoms with E-state index in [2.05, 4.69) is 21.8 Å². The molecule has 3 aromatic heterocycles. The predicted molar refractivity (Wildman–Crippen MR) is 144 cm³/mol. The number of benzene rings is 2. The average Bonchev–Trinajstić information content (AvgIpc) is 3.30. The topological polar surface area (TPSA) is 109 Å². The van der Waals surface area contributed by atoms with Gasteiger partial charge in [0.1, 0.15) is 17.6 Å². The summed E-state index contributed by atoms with van der Waals surface area (Å²) in [5, 5.41) is 20.5. The SMILES string of the molecule is CC#CCn1c(N2CCC[C@@H](N)C2)nc2cnn(Cc3c4ccccc4c4ccccc4[n+]3[O-])c(=O)c21. The van der Waals surface area contributed by atoms with E-state index in [-0.39, 0.29) is 18.1 Å². The molecule has 4 heterocycles. The first kappa shape index (κ1) is 23.0. The second kappa shape index (κ2) is 9.22. The summed E-state index contributed by atoms with van der Waals surface area (Å²) in [7, 11) is 0. The van der Waals surface area contributed by atoms with E-state index in [4.69, 9.17) is 10.7 Å². The number of hydrogen-bond donors (Lipinski definition) is 1. The van der Waals surface area contributed by atoms with Crippen LogP contribution < -0.4 is 20.9 Å². The van der Waals surface area contributed by atoms with Crippen molar-refractivity contribution in [1.82, 2.24) is 19.3 Å². The number of piperidine rings is 1. The number of fused-ring (bicyclic) bond motifs is 4. The molecule has 1 saturated heterocycles. The fraction of sp³-hybridized carbons (Fsp3) is 0.286. The molecule has 1 aliphatic heterocycles. The first-order valence-electron chi connectivity index (χ1n) is 12.4.